The number of carbonyl (C=O) groups excluding carboxylic acids is 2. The van der Waals surface area contributed by atoms with Crippen LogP contribution in [0.2, 0.25) is 0 Å². The third-order valence-corrected chi connectivity index (χ3v) is 5.46. The first-order valence-electron chi connectivity index (χ1n) is 9.35. The van der Waals surface area contributed by atoms with Gasteiger partial charge in [0.2, 0.25) is 12.7 Å². The number of nitrogens with one attached hydrogen (secondary N) is 2. The highest BCUT2D eigenvalue weighted by Crippen LogP contribution is 2.43. The summed E-state index contributed by atoms with van der Waals surface area (Å²) in [7, 11) is 0. The van der Waals surface area contributed by atoms with Gasteiger partial charge in [-0.15, -0.1) is 0 Å². The predicted octanol–water partition coefficient (Wildman–Crippen LogP) is 3.22. The summed E-state index contributed by atoms with van der Waals surface area (Å²) in [6, 6.07) is 10.7. The molecule has 0 atom stereocenters. The molecule has 0 unspecified atom stereocenters. The second-order valence-corrected chi connectivity index (χ2v) is 7.13. The maximum atomic E-state index is 13.2. The molecule has 2 N–H and O–H groups in total. The molecule has 1 heterocycles. The molecule has 1 saturated carbocycles. The van der Waals surface area contributed by atoms with E-state index in [0.717, 1.165) is 24.8 Å². The van der Waals surface area contributed by atoms with Crippen LogP contribution >= 0.6 is 0 Å². The third kappa shape index (κ3) is 3.40. The van der Waals surface area contributed by atoms with Crippen molar-refractivity contribution >= 4 is 11.8 Å². The van der Waals surface area contributed by atoms with Crippen LogP contribution in [-0.4, -0.2) is 18.6 Å². The molecule has 1 aliphatic carbocycles. The van der Waals surface area contributed by atoms with Crippen molar-refractivity contribution in [3.8, 4) is 11.5 Å². The fourth-order valence-corrected chi connectivity index (χ4v) is 3.90. The van der Waals surface area contributed by atoms with Crippen LogP contribution in [0.4, 0.5) is 4.39 Å². The topological polar surface area (TPSA) is 76.7 Å². The van der Waals surface area contributed by atoms with Gasteiger partial charge in [-0.3, -0.25) is 20.4 Å². The van der Waals surface area contributed by atoms with Crippen LogP contribution in [0.25, 0.3) is 0 Å². The molecule has 0 bridgehead atoms. The maximum absolute atomic E-state index is 13.2. The summed E-state index contributed by atoms with van der Waals surface area (Å²) >= 11 is 0. The average Bonchev–Trinajstić information content (AvgIpc) is 3.20. The molecule has 28 heavy (non-hydrogen) atoms. The van der Waals surface area contributed by atoms with Crippen LogP contribution in [0.15, 0.2) is 42.5 Å². The minimum absolute atomic E-state index is 0.172. The summed E-state index contributed by atoms with van der Waals surface area (Å²) in [5, 5.41) is 0. The number of hydrogen-bond acceptors (Lipinski definition) is 4. The molecule has 2 aliphatic rings. The summed E-state index contributed by atoms with van der Waals surface area (Å²) in [6.07, 6.45) is 4.29. The van der Waals surface area contributed by atoms with Gasteiger partial charge in [0.05, 0.1) is 5.41 Å². The molecule has 1 fully saturated rings. The SMILES string of the molecule is O=C(NNC(=O)C1(c2ccc3c(c2)OCO3)CCCCC1)c1ccc(F)cc1. The smallest absolute Gasteiger partial charge is 0.269 e. The highest BCUT2D eigenvalue weighted by atomic mass is 19.1. The van der Waals surface area contributed by atoms with Gasteiger partial charge in [0, 0.05) is 5.56 Å². The first kappa shape index (κ1) is 18.3. The van der Waals surface area contributed by atoms with Gasteiger partial charge >= 0.3 is 0 Å². The lowest BCUT2D eigenvalue weighted by Gasteiger charge is -2.36. The molecule has 7 heteroatoms. The minimum Gasteiger partial charge on any atom is -0.454 e. The van der Waals surface area contributed by atoms with E-state index in [9.17, 15) is 14.0 Å². The zero-order chi connectivity index (χ0) is 19.6. The Morgan fingerprint density at radius 3 is 2.36 bits per heavy atom. The molecule has 6 nitrogen and oxygen atoms in total. The summed E-state index contributed by atoms with van der Waals surface area (Å²) in [5.41, 5.74) is 5.39. The first-order valence-corrected chi connectivity index (χ1v) is 9.35. The second kappa shape index (κ2) is 7.50. The molecule has 2 aromatic carbocycles. The van der Waals surface area contributed by atoms with Crippen molar-refractivity contribution in [3.05, 3.63) is 59.4 Å². The zero-order valence-corrected chi connectivity index (χ0v) is 15.3. The van der Waals surface area contributed by atoms with Gasteiger partial charge in [-0.05, 0) is 54.8 Å². The number of ether oxygens (including phenoxy) is 2. The normalized spacial score (nSPS) is 17.0. The van der Waals surface area contributed by atoms with Gasteiger partial charge in [-0.1, -0.05) is 25.3 Å². The largest absolute Gasteiger partial charge is 0.454 e. The highest BCUT2D eigenvalue weighted by molar-refractivity contribution is 5.97. The molecule has 146 valence electrons. The number of amides is 2. The minimum atomic E-state index is -0.741. The molecule has 0 saturated heterocycles. The Labute approximate surface area is 162 Å². The van der Waals surface area contributed by atoms with E-state index in [1.807, 2.05) is 18.2 Å². The molecule has 0 aromatic heterocycles. The Balaban J connectivity index is 1.53. The molecule has 2 aromatic rings. The molecular weight excluding hydrogens is 363 g/mol. The third-order valence-electron chi connectivity index (χ3n) is 5.46. The Morgan fingerprint density at radius 2 is 1.61 bits per heavy atom. The van der Waals surface area contributed by atoms with Gasteiger partial charge in [0.25, 0.3) is 5.91 Å². The van der Waals surface area contributed by atoms with Crippen LogP contribution in [0.1, 0.15) is 48.0 Å². The highest BCUT2D eigenvalue weighted by Gasteiger charge is 2.42. The number of hydrazine groups is 1. The van der Waals surface area contributed by atoms with Gasteiger partial charge in [0.1, 0.15) is 5.82 Å². The standard InChI is InChI=1S/C21H21FN2O4/c22-16-7-4-14(5-8-16)19(25)23-24-20(26)21(10-2-1-3-11-21)15-6-9-17-18(12-15)28-13-27-17/h4-9,12H,1-3,10-11,13H2,(H,23,25)(H,24,26). The maximum Gasteiger partial charge on any atom is 0.269 e. The Hall–Kier alpha value is -3.09. The Bertz CT molecular complexity index is 892. The summed E-state index contributed by atoms with van der Waals surface area (Å²) in [4.78, 5) is 25.4. The van der Waals surface area contributed by atoms with Gasteiger partial charge in [0.15, 0.2) is 11.5 Å². The van der Waals surface area contributed by atoms with Crippen LogP contribution in [0, 0.1) is 5.82 Å². The van der Waals surface area contributed by atoms with Crippen molar-refractivity contribution < 1.29 is 23.5 Å². The van der Waals surface area contributed by atoms with Gasteiger partial charge in [-0.2, -0.15) is 0 Å². The first-order chi connectivity index (χ1) is 13.6. The molecule has 2 amide bonds. The van der Waals surface area contributed by atoms with Crippen LogP contribution in [0.3, 0.4) is 0 Å². The van der Waals surface area contributed by atoms with Crippen molar-refractivity contribution in [1.82, 2.24) is 10.9 Å². The summed E-state index contributed by atoms with van der Waals surface area (Å²) in [5.74, 6) is 0.112. The Kier molecular flexibility index (Phi) is 4.90. The van der Waals surface area contributed by atoms with Gasteiger partial charge in [-0.25, -0.2) is 4.39 Å². The quantitative estimate of drug-likeness (QED) is 0.797. The fraction of sp³-hybridized carbons (Fsp3) is 0.333. The lowest BCUT2D eigenvalue weighted by Crippen LogP contribution is -2.52. The van der Waals surface area contributed by atoms with E-state index in [-0.39, 0.29) is 18.3 Å². The van der Waals surface area contributed by atoms with Crippen molar-refractivity contribution in [2.75, 3.05) is 6.79 Å². The Morgan fingerprint density at radius 1 is 0.893 bits per heavy atom. The van der Waals surface area contributed by atoms with Crippen molar-refractivity contribution in [1.29, 1.82) is 0 Å². The number of halogens is 1. The summed E-state index contributed by atoms with van der Waals surface area (Å²) in [6.45, 7) is 0.172. The monoisotopic (exact) mass is 384 g/mol. The molecule has 0 radical (unpaired) electrons. The molecule has 1 aliphatic heterocycles. The number of hydrogen-bond donors (Lipinski definition) is 2. The fourth-order valence-electron chi connectivity index (χ4n) is 3.90. The number of fused-ring (bicyclic) bond motifs is 1. The summed E-state index contributed by atoms with van der Waals surface area (Å²) < 4.78 is 23.8. The average molecular weight is 384 g/mol. The van der Waals surface area contributed by atoms with Crippen LogP contribution in [-0.2, 0) is 10.2 Å². The van der Waals surface area contributed by atoms with Crippen LogP contribution in [0.5, 0.6) is 11.5 Å². The van der Waals surface area contributed by atoms with Crippen molar-refractivity contribution in [3.63, 3.8) is 0 Å². The van der Waals surface area contributed by atoms with E-state index < -0.39 is 17.1 Å². The van der Waals surface area contributed by atoms with E-state index in [2.05, 4.69) is 10.9 Å². The number of rotatable bonds is 3. The zero-order valence-electron chi connectivity index (χ0n) is 15.3. The predicted molar refractivity (Wildman–Crippen MR) is 99.3 cm³/mol. The van der Waals surface area contributed by atoms with Crippen molar-refractivity contribution in [2.24, 2.45) is 0 Å². The molecular formula is C21H21FN2O4. The van der Waals surface area contributed by atoms with E-state index >= 15 is 0 Å². The van der Waals surface area contributed by atoms with Crippen LogP contribution < -0.4 is 20.3 Å². The van der Waals surface area contributed by atoms with E-state index in [1.165, 1.54) is 24.3 Å². The second-order valence-electron chi connectivity index (χ2n) is 7.13. The van der Waals surface area contributed by atoms with Gasteiger partial charge < -0.3 is 9.47 Å². The van der Waals surface area contributed by atoms with E-state index in [1.54, 1.807) is 0 Å². The lowest BCUT2D eigenvalue weighted by atomic mass is 9.69. The van der Waals surface area contributed by atoms with E-state index in [4.69, 9.17) is 9.47 Å². The van der Waals surface area contributed by atoms with E-state index in [0.29, 0.717) is 24.3 Å². The number of benzene rings is 2. The molecule has 4 rings (SSSR count). The van der Waals surface area contributed by atoms with Crippen molar-refractivity contribution in [2.45, 2.75) is 37.5 Å². The number of carbonyl (C=O) groups is 2. The lowest BCUT2D eigenvalue weighted by molar-refractivity contribution is -0.128. The molecule has 0 spiro atoms.